The van der Waals surface area contributed by atoms with Crippen LogP contribution in [0.2, 0.25) is 0 Å². The van der Waals surface area contributed by atoms with Gasteiger partial charge in [0.05, 0.1) is 0 Å². The summed E-state index contributed by atoms with van der Waals surface area (Å²) in [6.07, 6.45) is 4.24. The van der Waals surface area contributed by atoms with Crippen molar-refractivity contribution in [1.29, 1.82) is 0 Å². The Morgan fingerprint density at radius 1 is 0.759 bits per heavy atom. The lowest BCUT2D eigenvalue weighted by Gasteiger charge is -2.40. The lowest BCUT2D eigenvalue weighted by Crippen LogP contribution is -2.43. The minimum atomic E-state index is -0.587. The molecule has 2 heteroatoms. The normalized spacial score (nSPS) is 24.4. The van der Waals surface area contributed by atoms with E-state index in [2.05, 4.69) is 80.8 Å². The molecule has 0 aromatic heterocycles. The Morgan fingerprint density at radius 2 is 1.28 bits per heavy atom. The molecular weight excluding hydrogens is 352 g/mol. The van der Waals surface area contributed by atoms with Gasteiger partial charge in [-0.15, -0.1) is 0 Å². The molecule has 0 bridgehead atoms. The number of dihydropyridines is 2. The van der Waals surface area contributed by atoms with Crippen molar-refractivity contribution in [3.8, 4) is 0 Å². The number of aliphatic imine (C=N–C) groups is 2. The van der Waals surface area contributed by atoms with E-state index >= 15 is 0 Å². The number of allylic oxidation sites excluding steroid dienone is 2. The van der Waals surface area contributed by atoms with Gasteiger partial charge in [-0.3, -0.25) is 9.98 Å². The van der Waals surface area contributed by atoms with Gasteiger partial charge >= 0.3 is 0 Å². The van der Waals surface area contributed by atoms with Crippen LogP contribution in [0.25, 0.3) is 11.1 Å². The summed E-state index contributed by atoms with van der Waals surface area (Å²) in [5, 5.41) is 0. The van der Waals surface area contributed by atoms with E-state index in [1.54, 1.807) is 0 Å². The van der Waals surface area contributed by atoms with Crippen LogP contribution in [0.5, 0.6) is 0 Å². The van der Waals surface area contributed by atoms with E-state index < -0.39 is 5.54 Å². The van der Waals surface area contributed by atoms with Gasteiger partial charge in [-0.2, -0.15) is 0 Å². The topological polar surface area (TPSA) is 24.7 Å². The molecule has 0 amide bonds. The maximum absolute atomic E-state index is 5.05. The van der Waals surface area contributed by atoms with E-state index in [0.717, 1.165) is 44.8 Å². The van der Waals surface area contributed by atoms with Crippen LogP contribution in [0.3, 0.4) is 0 Å². The molecule has 2 nitrogen and oxygen atoms in total. The fourth-order valence-electron chi connectivity index (χ4n) is 4.26. The Balaban J connectivity index is 1.78. The second-order valence-electron chi connectivity index (χ2n) is 7.93. The minimum Gasteiger partial charge on any atom is -0.279 e. The molecule has 2 aromatic rings. The predicted molar refractivity (Wildman–Crippen MR) is 126 cm³/mol. The summed E-state index contributed by atoms with van der Waals surface area (Å²) < 4.78 is 0. The van der Waals surface area contributed by atoms with Crippen LogP contribution in [0, 0.1) is 0 Å². The van der Waals surface area contributed by atoms with Gasteiger partial charge < -0.3 is 0 Å². The van der Waals surface area contributed by atoms with Crippen molar-refractivity contribution in [2.24, 2.45) is 9.98 Å². The van der Waals surface area contributed by atoms with E-state index in [1.807, 2.05) is 26.0 Å². The van der Waals surface area contributed by atoms with Crippen LogP contribution in [-0.2, 0) is 0 Å². The summed E-state index contributed by atoms with van der Waals surface area (Å²) in [5.41, 5.74) is 7.89. The molecule has 2 aromatic carbocycles. The van der Waals surface area contributed by atoms with Crippen molar-refractivity contribution < 1.29 is 0 Å². The first kappa shape index (κ1) is 19.1. The van der Waals surface area contributed by atoms with Crippen LogP contribution in [0.4, 0.5) is 0 Å². The van der Waals surface area contributed by atoms with Gasteiger partial charge in [0.1, 0.15) is 11.6 Å². The maximum Gasteiger partial charge on any atom is 0.110 e. The van der Waals surface area contributed by atoms with Gasteiger partial charge in [0.2, 0.25) is 0 Å². The number of hydrogen-bond donors (Lipinski definition) is 0. The SMILES string of the molecule is C=C1C(c2ccccc2)=CC(C)=NC1C1(C)N=C(C)C=C(c2ccccc2)C1=C. The third-order valence-electron chi connectivity index (χ3n) is 5.76. The standard InChI is InChI=1S/C27H26N2/c1-18-16-24(22-12-8-6-9-13-22)20(3)26(28-18)27(5)21(4)25(17-19(2)29-27)23-14-10-7-11-15-23/h6-17,26H,3-4H2,1-2,5H3. The van der Waals surface area contributed by atoms with Gasteiger partial charge in [-0.1, -0.05) is 73.8 Å². The van der Waals surface area contributed by atoms with Gasteiger partial charge in [-0.25, -0.2) is 0 Å². The van der Waals surface area contributed by atoms with Crippen LogP contribution in [0.1, 0.15) is 31.9 Å². The molecule has 0 radical (unpaired) electrons. The van der Waals surface area contributed by atoms with E-state index in [-0.39, 0.29) is 6.04 Å². The zero-order valence-corrected chi connectivity index (χ0v) is 17.3. The molecular formula is C27H26N2. The average molecular weight is 379 g/mol. The summed E-state index contributed by atoms with van der Waals surface area (Å²) in [6.45, 7) is 15.2. The van der Waals surface area contributed by atoms with Gasteiger partial charge in [-0.05, 0) is 66.3 Å². The highest BCUT2D eigenvalue weighted by molar-refractivity contribution is 6.07. The Morgan fingerprint density at radius 3 is 1.86 bits per heavy atom. The van der Waals surface area contributed by atoms with Gasteiger partial charge in [0.15, 0.2) is 0 Å². The van der Waals surface area contributed by atoms with Crippen LogP contribution >= 0.6 is 0 Å². The first-order chi connectivity index (χ1) is 13.9. The number of nitrogens with zero attached hydrogens (tertiary/aromatic N) is 2. The minimum absolute atomic E-state index is 0.197. The molecule has 2 aliphatic heterocycles. The van der Waals surface area contributed by atoms with E-state index in [4.69, 9.17) is 9.98 Å². The Bertz CT molecular complexity index is 1100. The Labute approximate surface area is 173 Å². The zero-order chi connectivity index (χ0) is 20.6. The van der Waals surface area contributed by atoms with Crippen molar-refractivity contribution >= 4 is 22.6 Å². The Hall–Kier alpha value is -3.26. The summed E-state index contributed by atoms with van der Waals surface area (Å²) in [7, 11) is 0. The van der Waals surface area contributed by atoms with Crippen molar-refractivity contribution in [3.63, 3.8) is 0 Å². The molecule has 29 heavy (non-hydrogen) atoms. The van der Waals surface area contributed by atoms with Crippen LogP contribution in [0.15, 0.2) is 107 Å². The van der Waals surface area contributed by atoms with Gasteiger partial charge in [0.25, 0.3) is 0 Å². The lowest BCUT2D eigenvalue weighted by atomic mass is 9.72. The van der Waals surface area contributed by atoms with Crippen molar-refractivity contribution in [2.75, 3.05) is 0 Å². The fourth-order valence-corrected chi connectivity index (χ4v) is 4.26. The first-order valence-corrected chi connectivity index (χ1v) is 9.94. The summed E-state index contributed by atoms with van der Waals surface area (Å²) in [5.74, 6) is 0. The quantitative estimate of drug-likeness (QED) is 0.595. The number of hydrogen-bond acceptors (Lipinski definition) is 2. The van der Waals surface area contributed by atoms with Crippen LogP contribution in [-0.4, -0.2) is 23.0 Å². The lowest BCUT2D eigenvalue weighted by molar-refractivity contribution is 0.497. The molecule has 0 spiro atoms. The zero-order valence-electron chi connectivity index (χ0n) is 17.3. The highest BCUT2D eigenvalue weighted by Crippen LogP contribution is 2.44. The van der Waals surface area contributed by atoms with Crippen molar-refractivity contribution in [1.82, 2.24) is 0 Å². The summed E-state index contributed by atoms with van der Waals surface area (Å²) >= 11 is 0. The number of rotatable bonds is 3. The van der Waals surface area contributed by atoms with Gasteiger partial charge in [0, 0.05) is 11.4 Å². The van der Waals surface area contributed by atoms with Crippen molar-refractivity contribution in [2.45, 2.75) is 32.4 Å². The first-order valence-electron chi connectivity index (χ1n) is 9.94. The summed E-state index contributed by atoms with van der Waals surface area (Å²) in [4.78, 5) is 10.0. The molecule has 2 heterocycles. The maximum atomic E-state index is 5.05. The monoisotopic (exact) mass is 378 g/mol. The second-order valence-corrected chi connectivity index (χ2v) is 7.93. The molecule has 0 fully saturated rings. The predicted octanol–water partition coefficient (Wildman–Crippen LogP) is 6.34. The fraction of sp³-hybridized carbons (Fsp3) is 0.185. The number of benzene rings is 2. The van der Waals surface area contributed by atoms with E-state index in [0.29, 0.717) is 0 Å². The molecule has 0 aliphatic carbocycles. The third-order valence-corrected chi connectivity index (χ3v) is 5.76. The molecule has 2 aliphatic rings. The molecule has 2 unspecified atom stereocenters. The molecule has 144 valence electrons. The van der Waals surface area contributed by atoms with Crippen LogP contribution < -0.4 is 0 Å². The molecule has 2 atom stereocenters. The largest absolute Gasteiger partial charge is 0.279 e. The third kappa shape index (κ3) is 3.36. The second kappa shape index (κ2) is 7.29. The van der Waals surface area contributed by atoms with E-state index in [9.17, 15) is 0 Å². The smallest absolute Gasteiger partial charge is 0.110 e. The molecule has 0 saturated heterocycles. The molecule has 4 rings (SSSR count). The molecule has 0 saturated carbocycles. The molecule has 0 N–H and O–H groups in total. The van der Waals surface area contributed by atoms with Crippen molar-refractivity contribution in [3.05, 3.63) is 108 Å². The average Bonchev–Trinajstić information content (AvgIpc) is 2.73. The summed E-state index contributed by atoms with van der Waals surface area (Å²) in [6, 6.07) is 20.6. The highest BCUT2D eigenvalue weighted by Gasteiger charge is 2.43. The Kier molecular flexibility index (Phi) is 4.79. The highest BCUT2D eigenvalue weighted by atomic mass is 15.0. The van der Waals surface area contributed by atoms with E-state index in [1.165, 1.54) is 0 Å².